The van der Waals surface area contributed by atoms with Gasteiger partial charge in [-0.15, -0.1) is 0 Å². The van der Waals surface area contributed by atoms with Crippen LogP contribution in [0.4, 0.5) is 19.0 Å². The molecule has 0 aromatic carbocycles. The number of aromatic nitrogens is 1. The fourth-order valence-corrected chi connectivity index (χ4v) is 4.56. The molecule has 2 saturated heterocycles. The van der Waals surface area contributed by atoms with Gasteiger partial charge in [0.15, 0.2) is 0 Å². The highest BCUT2D eigenvalue weighted by Crippen LogP contribution is 2.36. The van der Waals surface area contributed by atoms with E-state index < -0.39 is 17.7 Å². The first-order valence-corrected chi connectivity index (χ1v) is 11.6. The summed E-state index contributed by atoms with van der Waals surface area (Å²) < 4.78 is 45.3. The van der Waals surface area contributed by atoms with E-state index in [4.69, 9.17) is 4.74 Å². The van der Waals surface area contributed by atoms with Crippen LogP contribution in [-0.2, 0) is 25.3 Å². The molecule has 188 valence electrons. The van der Waals surface area contributed by atoms with Crippen molar-refractivity contribution in [2.24, 2.45) is 11.8 Å². The van der Waals surface area contributed by atoms with E-state index in [9.17, 15) is 27.6 Å². The number of carbonyl (C=O) groups excluding carboxylic acids is 3. The van der Waals surface area contributed by atoms with Crippen molar-refractivity contribution < 1.29 is 32.3 Å². The van der Waals surface area contributed by atoms with E-state index in [1.54, 1.807) is 11.8 Å². The number of likely N-dealkylation sites (N-methyl/N-ethyl adjacent to an activating group) is 1. The van der Waals surface area contributed by atoms with Crippen molar-refractivity contribution in [3.63, 3.8) is 0 Å². The summed E-state index contributed by atoms with van der Waals surface area (Å²) >= 11 is 0. The minimum atomic E-state index is -4.54. The van der Waals surface area contributed by atoms with Crippen LogP contribution in [-0.4, -0.2) is 78.9 Å². The number of halogens is 3. The first-order chi connectivity index (χ1) is 16.1. The Hall–Kier alpha value is -2.85. The quantitative estimate of drug-likeness (QED) is 0.578. The van der Waals surface area contributed by atoms with Crippen LogP contribution in [0.1, 0.15) is 38.2 Å². The molecule has 3 rings (SSSR count). The van der Waals surface area contributed by atoms with E-state index in [0.717, 1.165) is 6.07 Å². The number of rotatable bonds is 6. The number of nitrogens with zero attached hydrogens (tertiary/aromatic N) is 4. The number of hydrogen-bond acceptors (Lipinski definition) is 6. The van der Waals surface area contributed by atoms with Gasteiger partial charge in [0.1, 0.15) is 5.82 Å². The maximum atomic E-state index is 13.4. The van der Waals surface area contributed by atoms with Crippen LogP contribution >= 0.6 is 0 Å². The average Bonchev–Trinajstić information content (AvgIpc) is 2.83. The standard InChI is InChI=1S/C23H31F3N4O4/c1-3-34-22(33)16-8-12-29(13-9-16)19(31)15-28(2)21(32)17-6-5-11-30(14-17)20-18(23(24,25)26)7-4-10-27-20/h4,7,10,16-17H,3,5-6,8-9,11-15H2,1-2H3. The zero-order chi connectivity index (χ0) is 24.9. The third kappa shape index (κ3) is 6.18. The molecule has 3 heterocycles. The molecule has 0 spiro atoms. The summed E-state index contributed by atoms with van der Waals surface area (Å²) in [5.74, 6) is -1.64. The van der Waals surface area contributed by atoms with Crippen LogP contribution in [0.25, 0.3) is 0 Å². The maximum Gasteiger partial charge on any atom is 0.419 e. The number of alkyl halides is 3. The number of esters is 1. The molecule has 1 aromatic rings. The zero-order valence-electron chi connectivity index (χ0n) is 19.5. The molecule has 34 heavy (non-hydrogen) atoms. The molecule has 0 saturated carbocycles. The highest BCUT2D eigenvalue weighted by atomic mass is 19.4. The van der Waals surface area contributed by atoms with Crippen LogP contribution in [0.2, 0.25) is 0 Å². The van der Waals surface area contributed by atoms with Crippen LogP contribution in [0.5, 0.6) is 0 Å². The lowest BCUT2D eigenvalue weighted by atomic mass is 9.96. The number of anilines is 1. The lowest BCUT2D eigenvalue weighted by Crippen LogP contribution is -2.49. The summed E-state index contributed by atoms with van der Waals surface area (Å²) in [6.45, 7) is 3.28. The van der Waals surface area contributed by atoms with Crippen LogP contribution in [0.3, 0.4) is 0 Å². The van der Waals surface area contributed by atoms with Gasteiger partial charge >= 0.3 is 12.1 Å². The van der Waals surface area contributed by atoms with E-state index in [1.165, 1.54) is 29.1 Å². The Labute approximate surface area is 197 Å². The Morgan fingerprint density at radius 3 is 2.50 bits per heavy atom. The summed E-state index contributed by atoms with van der Waals surface area (Å²) in [6, 6.07) is 2.23. The number of pyridine rings is 1. The normalized spacial score (nSPS) is 19.6. The van der Waals surface area contributed by atoms with Gasteiger partial charge in [0.2, 0.25) is 11.8 Å². The van der Waals surface area contributed by atoms with E-state index >= 15 is 0 Å². The molecule has 2 aliphatic heterocycles. The van der Waals surface area contributed by atoms with E-state index in [0.29, 0.717) is 51.9 Å². The summed E-state index contributed by atoms with van der Waals surface area (Å²) in [7, 11) is 1.53. The Morgan fingerprint density at radius 2 is 1.85 bits per heavy atom. The minimum Gasteiger partial charge on any atom is -0.466 e. The van der Waals surface area contributed by atoms with Gasteiger partial charge in [-0.25, -0.2) is 4.98 Å². The molecule has 0 bridgehead atoms. The Kier molecular flexibility index (Phi) is 8.37. The SMILES string of the molecule is CCOC(=O)C1CCN(C(=O)CN(C)C(=O)C2CCCN(c3ncccc3C(F)(F)F)C2)CC1. The van der Waals surface area contributed by atoms with Gasteiger partial charge in [0.05, 0.1) is 30.6 Å². The van der Waals surface area contributed by atoms with Crippen molar-refractivity contribution in [2.45, 2.75) is 38.8 Å². The van der Waals surface area contributed by atoms with Gasteiger partial charge < -0.3 is 19.4 Å². The monoisotopic (exact) mass is 484 g/mol. The summed E-state index contributed by atoms with van der Waals surface area (Å²) in [6.07, 6.45) is -1.10. The minimum absolute atomic E-state index is 0.113. The van der Waals surface area contributed by atoms with E-state index in [2.05, 4.69) is 4.98 Å². The summed E-state index contributed by atoms with van der Waals surface area (Å²) in [5, 5.41) is 0. The van der Waals surface area contributed by atoms with Crippen molar-refractivity contribution in [1.29, 1.82) is 0 Å². The van der Waals surface area contributed by atoms with Crippen LogP contribution < -0.4 is 4.90 Å². The third-order valence-electron chi connectivity index (χ3n) is 6.38. The number of ether oxygens (including phenoxy) is 1. The van der Waals surface area contributed by atoms with Gasteiger partial charge in [-0.2, -0.15) is 13.2 Å². The molecule has 2 aliphatic rings. The second-order valence-corrected chi connectivity index (χ2v) is 8.76. The second-order valence-electron chi connectivity index (χ2n) is 8.76. The van der Waals surface area contributed by atoms with Crippen molar-refractivity contribution in [3.05, 3.63) is 23.9 Å². The number of carbonyl (C=O) groups is 3. The molecule has 11 heteroatoms. The van der Waals surface area contributed by atoms with Gasteiger partial charge in [-0.3, -0.25) is 14.4 Å². The number of piperidine rings is 2. The maximum absolute atomic E-state index is 13.4. The van der Waals surface area contributed by atoms with E-state index in [-0.39, 0.29) is 42.6 Å². The largest absolute Gasteiger partial charge is 0.466 e. The molecule has 1 atom stereocenters. The number of likely N-dealkylation sites (tertiary alicyclic amines) is 1. The van der Waals surface area contributed by atoms with Crippen molar-refractivity contribution in [1.82, 2.24) is 14.8 Å². The van der Waals surface area contributed by atoms with Crippen molar-refractivity contribution in [2.75, 3.05) is 51.3 Å². The third-order valence-corrected chi connectivity index (χ3v) is 6.38. The molecule has 1 unspecified atom stereocenters. The summed E-state index contributed by atoms with van der Waals surface area (Å²) in [5.41, 5.74) is -0.821. The predicted octanol–water partition coefficient (Wildman–Crippen LogP) is 2.58. The van der Waals surface area contributed by atoms with Gasteiger partial charge in [0.25, 0.3) is 0 Å². The fourth-order valence-electron chi connectivity index (χ4n) is 4.56. The Morgan fingerprint density at radius 1 is 1.15 bits per heavy atom. The molecule has 1 aromatic heterocycles. The average molecular weight is 485 g/mol. The summed E-state index contributed by atoms with van der Waals surface area (Å²) in [4.78, 5) is 46.0. The fraction of sp³-hybridized carbons (Fsp3) is 0.652. The lowest BCUT2D eigenvalue weighted by Gasteiger charge is -2.36. The second kappa shape index (κ2) is 11.1. The molecule has 0 radical (unpaired) electrons. The highest BCUT2D eigenvalue weighted by Gasteiger charge is 2.38. The Bertz CT molecular complexity index is 887. The molecular formula is C23H31F3N4O4. The van der Waals surface area contributed by atoms with Gasteiger partial charge in [-0.05, 0) is 44.7 Å². The zero-order valence-corrected chi connectivity index (χ0v) is 19.5. The van der Waals surface area contributed by atoms with Crippen molar-refractivity contribution in [3.8, 4) is 0 Å². The van der Waals surface area contributed by atoms with E-state index in [1.807, 2.05) is 0 Å². The van der Waals surface area contributed by atoms with Crippen LogP contribution in [0.15, 0.2) is 18.3 Å². The topological polar surface area (TPSA) is 83.0 Å². The number of amides is 2. The molecule has 0 aliphatic carbocycles. The first kappa shape index (κ1) is 25.8. The number of hydrogen-bond donors (Lipinski definition) is 0. The molecule has 2 fully saturated rings. The lowest BCUT2D eigenvalue weighted by molar-refractivity contribution is -0.151. The first-order valence-electron chi connectivity index (χ1n) is 11.6. The molecule has 2 amide bonds. The Balaban J connectivity index is 1.56. The van der Waals surface area contributed by atoms with Gasteiger partial charge in [0, 0.05) is 39.4 Å². The van der Waals surface area contributed by atoms with Crippen LogP contribution in [0, 0.1) is 11.8 Å². The van der Waals surface area contributed by atoms with Gasteiger partial charge in [-0.1, -0.05) is 0 Å². The molecule has 0 N–H and O–H groups in total. The molecular weight excluding hydrogens is 453 g/mol. The predicted molar refractivity (Wildman–Crippen MR) is 118 cm³/mol. The molecule has 8 nitrogen and oxygen atoms in total. The highest BCUT2D eigenvalue weighted by molar-refractivity contribution is 5.86. The smallest absolute Gasteiger partial charge is 0.419 e. The van der Waals surface area contributed by atoms with Crippen molar-refractivity contribution >= 4 is 23.6 Å².